The van der Waals surface area contributed by atoms with Crippen LogP contribution in [0.1, 0.15) is 37.4 Å². The van der Waals surface area contributed by atoms with Crippen LogP contribution in [0.5, 0.6) is 0 Å². The smallest absolute Gasteiger partial charge is 0.0587 e. The highest BCUT2D eigenvalue weighted by Gasteiger charge is 2.37. The van der Waals surface area contributed by atoms with Crippen molar-refractivity contribution in [2.45, 2.75) is 43.4 Å². The molecular weight excluding hydrogens is 218 g/mol. The van der Waals surface area contributed by atoms with Gasteiger partial charge in [-0.15, -0.1) is 0 Å². The molecule has 2 nitrogen and oxygen atoms in total. The number of nitrogens with one attached hydrogen (secondary N) is 1. The standard InChI is InChI=1S/C13H19NOS/c1-4-11-12(14-5-2)10-8-6-7-9(3)13(10)16(11)15/h6-8,11-12,14H,4-5H2,1-3H3. The van der Waals surface area contributed by atoms with E-state index >= 15 is 0 Å². The fourth-order valence-corrected chi connectivity index (χ4v) is 4.43. The van der Waals surface area contributed by atoms with E-state index in [1.165, 1.54) is 5.56 Å². The number of fused-ring (bicyclic) bond motifs is 1. The minimum Gasteiger partial charge on any atom is -0.309 e. The van der Waals surface area contributed by atoms with Crippen LogP contribution >= 0.6 is 0 Å². The summed E-state index contributed by atoms with van der Waals surface area (Å²) in [5, 5.41) is 3.70. The summed E-state index contributed by atoms with van der Waals surface area (Å²) < 4.78 is 12.4. The van der Waals surface area contributed by atoms with Gasteiger partial charge in [0.1, 0.15) is 0 Å². The Bertz CT molecular complexity index is 416. The van der Waals surface area contributed by atoms with Crippen molar-refractivity contribution in [1.82, 2.24) is 5.32 Å². The Morgan fingerprint density at radius 3 is 2.75 bits per heavy atom. The second kappa shape index (κ2) is 4.68. The van der Waals surface area contributed by atoms with Gasteiger partial charge >= 0.3 is 0 Å². The maximum Gasteiger partial charge on any atom is 0.0587 e. The molecule has 3 unspecified atom stereocenters. The van der Waals surface area contributed by atoms with E-state index < -0.39 is 10.8 Å². The number of hydrogen-bond acceptors (Lipinski definition) is 2. The van der Waals surface area contributed by atoms with E-state index in [1.807, 2.05) is 0 Å². The Morgan fingerprint density at radius 2 is 2.12 bits per heavy atom. The first-order valence-electron chi connectivity index (χ1n) is 5.94. The van der Waals surface area contributed by atoms with Crippen molar-refractivity contribution in [3.63, 3.8) is 0 Å². The summed E-state index contributed by atoms with van der Waals surface area (Å²) in [6, 6.07) is 6.50. The minimum absolute atomic E-state index is 0.232. The van der Waals surface area contributed by atoms with Crippen LogP contribution in [-0.4, -0.2) is 16.0 Å². The fraction of sp³-hybridized carbons (Fsp3) is 0.538. The quantitative estimate of drug-likeness (QED) is 0.875. The predicted octanol–water partition coefficient (Wildman–Crippen LogP) is 2.55. The first kappa shape index (κ1) is 11.8. The summed E-state index contributed by atoms with van der Waals surface area (Å²) in [4.78, 5) is 1.07. The third kappa shape index (κ3) is 1.72. The number of benzene rings is 1. The van der Waals surface area contributed by atoms with Crippen molar-refractivity contribution >= 4 is 10.8 Å². The van der Waals surface area contributed by atoms with Crippen LogP contribution in [0.2, 0.25) is 0 Å². The third-order valence-corrected chi connectivity index (χ3v) is 5.37. The van der Waals surface area contributed by atoms with Gasteiger partial charge in [0, 0.05) is 10.9 Å². The lowest BCUT2D eigenvalue weighted by Crippen LogP contribution is -2.29. The molecule has 0 saturated carbocycles. The lowest BCUT2D eigenvalue weighted by atomic mass is 10.0. The zero-order chi connectivity index (χ0) is 11.7. The molecular formula is C13H19NOS. The van der Waals surface area contributed by atoms with Gasteiger partial charge in [-0.1, -0.05) is 32.0 Å². The molecule has 1 heterocycles. The summed E-state index contributed by atoms with van der Waals surface area (Å²) in [5.74, 6) is 0. The van der Waals surface area contributed by atoms with Gasteiger partial charge in [0.05, 0.1) is 16.0 Å². The van der Waals surface area contributed by atoms with Gasteiger partial charge in [-0.05, 0) is 31.0 Å². The van der Waals surface area contributed by atoms with Gasteiger partial charge in [-0.3, -0.25) is 4.21 Å². The van der Waals surface area contributed by atoms with Crippen LogP contribution in [0.3, 0.4) is 0 Å². The summed E-state index contributed by atoms with van der Waals surface area (Å²) in [5.41, 5.74) is 2.40. The Kier molecular flexibility index (Phi) is 3.45. The Balaban J connectivity index is 2.49. The van der Waals surface area contributed by atoms with Gasteiger partial charge in [0.25, 0.3) is 0 Å². The normalized spacial score (nSPS) is 28.1. The Hall–Kier alpha value is -0.670. The van der Waals surface area contributed by atoms with Gasteiger partial charge in [-0.25, -0.2) is 0 Å². The molecule has 0 amide bonds. The molecule has 2 rings (SSSR count). The summed E-state index contributed by atoms with van der Waals surface area (Å²) in [6.07, 6.45) is 0.957. The first-order chi connectivity index (χ1) is 7.70. The molecule has 3 atom stereocenters. The van der Waals surface area contributed by atoms with Gasteiger partial charge in [-0.2, -0.15) is 0 Å². The lowest BCUT2D eigenvalue weighted by molar-refractivity contribution is 0.520. The molecule has 1 aliphatic rings. The monoisotopic (exact) mass is 237 g/mol. The molecule has 0 fully saturated rings. The van der Waals surface area contributed by atoms with E-state index in [1.54, 1.807) is 0 Å². The largest absolute Gasteiger partial charge is 0.309 e. The zero-order valence-electron chi connectivity index (χ0n) is 10.1. The van der Waals surface area contributed by atoms with Crippen molar-refractivity contribution in [3.05, 3.63) is 29.3 Å². The van der Waals surface area contributed by atoms with E-state index in [0.29, 0.717) is 0 Å². The highest BCUT2D eigenvalue weighted by Crippen LogP contribution is 2.39. The van der Waals surface area contributed by atoms with E-state index in [4.69, 9.17) is 0 Å². The van der Waals surface area contributed by atoms with Gasteiger partial charge in [0.15, 0.2) is 0 Å². The maximum absolute atomic E-state index is 12.4. The van der Waals surface area contributed by atoms with E-state index in [9.17, 15) is 4.21 Å². The average molecular weight is 237 g/mol. The van der Waals surface area contributed by atoms with Crippen LogP contribution in [0.15, 0.2) is 23.1 Å². The van der Waals surface area contributed by atoms with E-state index in [-0.39, 0.29) is 11.3 Å². The molecule has 1 aromatic carbocycles. The Labute approximate surface area is 99.9 Å². The second-order valence-electron chi connectivity index (χ2n) is 4.27. The van der Waals surface area contributed by atoms with E-state index in [0.717, 1.165) is 23.4 Å². The maximum atomic E-state index is 12.4. The molecule has 0 radical (unpaired) electrons. The summed E-state index contributed by atoms with van der Waals surface area (Å²) in [6.45, 7) is 7.20. The minimum atomic E-state index is -0.841. The highest BCUT2D eigenvalue weighted by atomic mass is 32.2. The Morgan fingerprint density at radius 1 is 1.38 bits per heavy atom. The topological polar surface area (TPSA) is 29.1 Å². The fourth-order valence-electron chi connectivity index (χ4n) is 2.52. The second-order valence-corrected chi connectivity index (χ2v) is 5.88. The van der Waals surface area contributed by atoms with Crippen molar-refractivity contribution < 1.29 is 4.21 Å². The molecule has 3 heteroatoms. The molecule has 88 valence electrons. The molecule has 0 saturated heterocycles. The summed E-state index contributed by atoms with van der Waals surface area (Å²) >= 11 is 0. The van der Waals surface area contributed by atoms with Crippen LogP contribution in [-0.2, 0) is 10.8 Å². The average Bonchev–Trinajstić information content (AvgIpc) is 2.54. The third-order valence-electron chi connectivity index (χ3n) is 3.25. The van der Waals surface area contributed by atoms with Crippen molar-refractivity contribution in [1.29, 1.82) is 0 Å². The molecule has 1 N–H and O–H groups in total. The van der Waals surface area contributed by atoms with Gasteiger partial charge < -0.3 is 5.32 Å². The first-order valence-corrected chi connectivity index (χ1v) is 7.15. The van der Waals surface area contributed by atoms with Crippen molar-refractivity contribution in [3.8, 4) is 0 Å². The van der Waals surface area contributed by atoms with Crippen LogP contribution in [0, 0.1) is 6.92 Å². The number of aryl methyl sites for hydroxylation is 1. The van der Waals surface area contributed by atoms with Crippen LogP contribution in [0.4, 0.5) is 0 Å². The predicted molar refractivity (Wildman–Crippen MR) is 68.1 cm³/mol. The van der Waals surface area contributed by atoms with Crippen LogP contribution < -0.4 is 5.32 Å². The SMILES string of the molecule is CCNC1c2cccc(C)c2S(=O)C1CC. The molecule has 1 aliphatic heterocycles. The summed E-state index contributed by atoms with van der Waals surface area (Å²) in [7, 11) is -0.841. The van der Waals surface area contributed by atoms with Crippen molar-refractivity contribution in [2.75, 3.05) is 6.54 Å². The van der Waals surface area contributed by atoms with Crippen LogP contribution in [0.25, 0.3) is 0 Å². The lowest BCUT2D eigenvalue weighted by Gasteiger charge is -2.18. The van der Waals surface area contributed by atoms with Crippen molar-refractivity contribution in [2.24, 2.45) is 0 Å². The zero-order valence-corrected chi connectivity index (χ0v) is 10.9. The van der Waals surface area contributed by atoms with E-state index in [2.05, 4.69) is 44.3 Å². The molecule has 0 aromatic heterocycles. The number of hydrogen-bond donors (Lipinski definition) is 1. The molecule has 0 bridgehead atoms. The number of rotatable bonds is 3. The molecule has 0 aliphatic carbocycles. The molecule has 1 aromatic rings. The van der Waals surface area contributed by atoms with Gasteiger partial charge in [0.2, 0.25) is 0 Å². The highest BCUT2D eigenvalue weighted by molar-refractivity contribution is 7.86. The molecule has 0 spiro atoms. The molecule has 16 heavy (non-hydrogen) atoms.